The fourth-order valence-corrected chi connectivity index (χ4v) is 3.29. The Balaban J connectivity index is 2.01. The van der Waals surface area contributed by atoms with Crippen LogP contribution in [0.4, 0.5) is 5.69 Å². The number of nitrogens with zero attached hydrogens (tertiary/aromatic N) is 3. The molecule has 2 amide bonds. The zero-order chi connectivity index (χ0) is 21.8. The van der Waals surface area contributed by atoms with Gasteiger partial charge in [-0.2, -0.15) is 0 Å². The number of aryl methyl sites for hydroxylation is 1. The molecule has 0 saturated heterocycles. The van der Waals surface area contributed by atoms with Crippen molar-refractivity contribution in [3.05, 3.63) is 35.7 Å². The Morgan fingerprint density at radius 1 is 1.17 bits per heavy atom. The van der Waals surface area contributed by atoms with Gasteiger partial charge in [0.05, 0.1) is 5.25 Å². The molecule has 0 spiro atoms. The first-order valence-electron chi connectivity index (χ1n) is 9.28. The topological polar surface area (TPSA) is 120 Å². The highest BCUT2D eigenvalue weighted by atomic mass is 32.2. The Bertz CT molecular complexity index is 900. The summed E-state index contributed by atoms with van der Waals surface area (Å²) in [4.78, 5) is 35.7. The first-order valence-corrected chi connectivity index (χ1v) is 10.2. The van der Waals surface area contributed by atoms with Gasteiger partial charge < -0.3 is 15.6 Å². The molecule has 3 N–H and O–H groups in total. The van der Waals surface area contributed by atoms with Crippen LogP contribution in [0.25, 0.3) is 0 Å². The molecule has 2 rings (SSSR count). The molecule has 1 heterocycles. The zero-order valence-electron chi connectivity index (χ0n) is 17.4. The van der Waals surface area contributed by atoms with Crippen molar-refractivity contribution in [3.8, 4) is 0 Å². The molecule has 0 radical (unpaired) electrons. The average Bonchev–Trinajstić information content (AvgIpc) is 2.99. The quantitative estimate of drug-likeness (QED) is 0.503. The van der Waals surface area contributed by atoms with Gasteiger partial charge in [-0.25, -0.2) is 0 Å². The number of anilines is 1. The number of thioether (sulfide) groups is 1. The monoisotopic (exact) mass is 417 g/mol. The number of Topliss-reactive ketones (excluding diaryl/α,β-unsaturated/α-hetero) is 1. The number of ketones is 1. The highest BCUT2D eigenvalue weighted by Crippen LogP contribution is 2.25. The molecule has 1 aromatic carbocycles. The molecule has 0 unspecified atom stereocenters. The van der Waals surface area contributed by atoms with Crippen LogP contribution in [0.2, 0.25) is 0 Å². The number of primary amides is 1. The third-order valence-electron chi connectivity index (χ3n) is 4.28. The molecular weight excluding hydrogens is 390 g/mol. The van der Waals surface area contributed by atoms with Gasteiger partial charge >= 0.3 is 0 Å². The number of nitrogens with one attached hydrogen (secondary N) is 1. The highest BCUT2D eigenvalue weighted by Gasteiger charge is 2.22. The Morgan fingerprint density at radius 3 is 2.34 bits per heavy atom. The van der Waals surface area contributed by atoms with E-state index >= 15 is 0 Å². The van der Waals surface area contributed by atoms with Crippen LogP contribution in [-0.4, -0.2) is 37.6 Å². The molecule has 0 saturated carbocycles. The molecule has 156 valence electrons. The van der Waals surface area contributed by atoms with E-state index in [2.05, 4.69) is 15.5 Å². The van der Waals surface area contributed by atoms with Crippen LogP contribution in [-0.2, 0) is 23.1 Å². The second-order valence-electron chi connectivity index (χ2n) is 7.83. The minimum absolute atomic E-state index is 0.0506. The van der Waals surface area contributed by atoms with Crippen molar-refractivity contribution < 1.29 is 14.4 Å². The van der Waals surface area contributed by atoms with Crippen LogP contribution in [0.3, 0.4) is 0 Å². The normalized spacial score (nSPS) is 12.4. The molecule has 2 aromatic rings. The van der Waals surface area contributed by atoms with E-state index in [4.69, 9.17) is 5.73 Å². The number of carbonyl (C=O) groups excluding carboxylic acids is 3. The molecule has 1 atom stereocenters. The molecule has 8 nitrogen and oxygen atoms in total. The van der Waals surface area contributed by atoms with Gasteiger partial charge in [-0.1, -0.05) is 32.5 Å². The third kappa shape index (κ3) is 6.15. The molecule has 9 heteroatoms. The van der Waals surface area contributed by atoms with E-state index in [1.807, 2.05) is 20.8 Å². The van der Waals surface area contributed by atoms with Crippen molar-refractivity contribution in [2.24, 2.45) is 18.2 Å². The molecule has 0 bridgehead atoms. The number of carbonyl (C=O) groups is 3. The molecule has 0 fully saturated rings. The van der Waals surface area contributed by atoms with Gasteiger partial charge in [0.2, 0.25) is 11.8 Å². The SMILES string of the molecule is C[C@@H](Sc1nnc(CCC(N)=O)n1C)C(=O)c1ccc(NC(=O)C(C)(C)C)cc1. The second-order valence-corrected chi connectivity index (χ2v) is 9.14. The third-order valence-corrected chi connectivity index (χ3v) is 5.41. The lowest BCUT2D eigenvalue weighted by Gasteiger charge is -2.17. The van der Waals surface area contributed by atoms with Crippen molar-refractivity contribution >= 4 is 35.0 Å². The maximum Gasteiger partial charge on any atom is 0.229 e. The Kier molecular flexibility index (Phi) is 7.18. The van der Waals surface area contributed by atoms with Gasteiger partial charge in [0.15, 0.2) is 10.9 Å². The zero-order valence-corrected chi connectivity index (χ0v) is 18.2. The predicted molar refractivity (Wildman–Crippen MR) is 113 cm³/mol. The molecule has 1 aromatic heterocycles. The number of amides is 2. The van der Waals surface area contributed by atoms with Gasteiger partial charge in [-0.3, -0.25) is 14.4 Å². The van der Waals surface area contributed by atoms with Gasteiger partial charge in [0.1, 0.15) is 5.82 Å². The smallest absolute Gasteiger partial charge is 0.229 e. The molecular formula is C20H27N5O3S. The lowest BCUT2D eigenvalue weighted by atomic mass is 9.95. The summed E-state index contributed by atoms with van der Waals surface area (Å²) in [5, 5.41) is 11.2. The van der Waals surface area contributed by atoms with Crippen molar-refractivity contribution in [1.29, 1.82) is 0 Å². The lowest BCUT2D eigenvalue weighted by Crippen LogP contribution is -2.27. The van der Waals surface area contributed by atoms with E-state index in [0.29, 0.717) is 28.7 Å². The number of hydrogen-bond donors (Lipinski definition) is 2. The standard InChI is InChI=1S/C20H27N5O3S/c1-12(29-19-24-23-16(25(19)5)11-10-15(21)26)17(27)13-6-8-14(9-7-13)22-18(28)20(2,3)4/h6-9,12H,10-11H2,1-5H3,(H2,21,26)(H,22,28)/t12-/m1/s1. The van der Waals surface area contributed by atoms with Crippen molar-refractivity contribution in [1.82, 2.24) is 14.8 Å². The minimum Gasteiger partial charge on any atom is -0.370 e. The van der Waals surface area contributed by atoms with E-state index in [-0.39, 0.29) is 23.4 Å². The molecule has 0 aliphatic rings. The van der Waals surface area contributed by atoms with Crippen molar-refractivity contribution in [2.75, 3.05) is 5.32 Å². The van der Waals surface area contributed by atoms with Gasteiger partial charge in [-0.05, 0) is 31.2 Å². The van der Waals surface area contributed by atoms with Crippen LogP contribution < -0.4 is 11.1 Å². The van der Waals surface area contributed by atoms with Crippen LogP contribution in [0.15, 0.2) is 29.4 Å². The largest absolute Gasteiger partial charge is 0.370 e. The fraction of sp³-hybridized carbons (Fsp3) is 0.450. The van der Waals surface area contributed by atoms with E-state index in [1.54, 1.807) is 42.8 Å². The fourth-order valence-electron chi connectivity index (χ4n) is 2.38. The maximum absolute atomic E-state index is 12.7. The van der Waals surface area contributed by atoms with Crippen molar-refractivity contribution in [2.45, 2.75) is 50.9 Å². The highest BCUT2D eigenvalue weighted by molar-refractivity contribution is 8.00. The Morgan fingerprint density at radius 2 is 1.79 bits per heavy atom. The van der Waals surface area contributed by atoms with Crippen LogP contribution in [0.1, 0.15) is 50.3 Å². The summed E-state index contributed by atoms with van der Waals surface area (Å²) >= 11 is 1.30. The van der Waals surface area contributed by atoms with E-state index in [9.17, 15) is 14.4 Å². The van der Waals surface area contributed by atoms with E-state index in [1.165, 1.54) is 11.8 Å². The Labute approximate surface area is 174 Å². The van der Waals surface area contributed by atoms with Gasteiger partial charge in [-0.15, -0.1) is 10.2 Å². The second kappa shape index (κ2) is 9.21. The lowest BCUT2D eigenvalue weighted by molar-refractivity contribution is -0.123. The summed E-state index contributed by atoms with van der Waals surface area (Å²) in [7, 11) is 1.79. The summed E-state index contributed by atoms with van der Waals surface area (Å²) in [5.74, 6) is 0.109. The number of rotatable bonds is 8. The summed E-state index contributed by atoms with van der Waals surface area (Å²) in [6.45, 7) is 7.32. The summed E-state index contributed by atoms with van der Waals surface area (Å²) in [6.07, 6.45) is 0.604. The van der Waals surface area contributed by atoms with Crippen LogP contribution in [0, 0.1) is 5.41 Å². The molecule has 0 aliphatic carbocycles. The van der Waals surface area contributed by atoms with Gasteiger partial charge in [0.25, 0.3) is 0 Å². The maximum atomic E-state index is 12.7. The summed E-state index contributed by atoms with van der Waals surface area (Å²) < 4.78 is 1.77. The molecule has 29 heavy (non-hydrogen) atoms. The number of hydrogen-bond acceptors (Lipinski definition) is 6. The molecule has 0 aliphatic heterocycles. The number of nitrogens with two attached hydrogens (primary N) is 1. The van der Waals surface area contributed by atoms with Crippen LogP contribution >= 0.6 is 11.8 Å². The van der Waals surface area contributed by atoms with E-state index < -0.39 is 11.3 Å². The predicted octanol–water partition coefficient (Wildman–Crippen LogP) is 2.58. The summed E-state index contributed by atoms with van der Waals surface area (Å²) in [6, 6.07) is 6.84. The van der Waals surface area contributed by atoms with E-state index in [0.717, 1.165) is 0 Å². The van der Waals surface area contributed by atoms with Gasteiger partial charge in [0, 0.05) is 36.6 Å². The first kappa shape index (κ1) is 22.6. The number of aromatic nitrogens is 3. The average molecular weight is 418 g/mol. The minimum atomic E-state index is -0.494. The van der Waals surface area contributed by atoms with Crippen molar-refractivity contribution in [3.63, 3.8) is 0 Å². The van der Waals surface area contributed by atoms with Crippen LogP contribution in [0.5, 0.6) is 0 Å². The number of benzene rings is 1. The first-order chi connectivity index (χ1) is 13.5. The summed E-state index contributed by atoms with van der Waals surface area (Å²) in [5.41, 5.74) is 5.88. The Hall–Kier alpha value is -2.68.